The molecular weight excluding hydrogens is 91.5 g/mol. The van der Waals surface area contributed by atoms with E-state index >= 15 is 0 Å². The van der Waals surface area contributed by atoms with Gasteiger partial charge in [-0.1, -0.05) is 11.6 Å². The van der Waals surface area contributed by atoms with Crippen LogP contribution in [0.4, 0.5) is 0 Å². The lowest BCUT2D eigenvalue weighted by molar-refractivity contribution is -0.256. The Morgan fingerprint density at radius 1 is 1.80 bits per heavy atom. The Kier molecular flexibility index (Phi) is 4.39. The van der Waals surface area contributed by atoms with Crippen molar-refractivity contribution in [2.75, 3.05) is 13.2 Å². The topological polar surface area (TPSA) is 18.5 Å². The fourth-order valence-electron chi connectivity index (χ4n) is 0.0445. The average molecular weight is 96.5 g/mol. The minimum Gasteiger partial charge on any atom is -0.239 e. The molecule has 0 saturated carbocycles. The van der Waals surface area contributed by atoms with Crippen molar-refractivity contribution in [1.82, 2.24) is 0 Å². The van der Waals surface area contributed by atoms with Crippen LogP contribution in [-0.2, 0) is 9.78 Å². The fourth-order valence-corrected chi connectivity index (χ4v) is 0.134. The molecule has 0 saturated heterocycles. The summed E-state index contributed by atoms with van der Waals surface area (Å²) >= 11 is 4.95. The predicted octanol–water partition coefficient (Wildman–Crippen LogP) is 0.761. The summed E-state index contributed by atoms with van der Waals surface area (Å²) in [6.07, 6.45) is 0. The van der Waals surface area contributed by atoms with Crippen molar-refractivity contribution in [3.8, 4) is 0 Å². The minimum atomic E-state index is 0.0938. The van der Waals surface area contributed by atoms with Crippen LogP contribution in [0.15, 0.2) is 0 Å². The molecule has 0 atom stereocenters. The molecule has 5 heavy (non-hydrogen) atoms. The number of halogens is 1. The van der Waals surface area contributed by atoms with Crippen LogP contribution in [0.5, 0.6) is 0 Å². The van der Waals surface area contributed by atoms with Gasteiger partial charge in [0.1, 0.15) is 0 Å². The Hall–Kier alpha value is 0.210. The van der Waals surface area contributed by atoms with Crippen molar-refractivity contribution >= 4 is 11.6 Å². The van der Waals surface area contributed by atoms with Crippen LogP contribution in [0.3, 0.4) is 0 Å². The van der Waals surface area contributed by atoms with Gasteiger partial charge in [0, 0.05) is 0 Å². The fraction of sp³-hybridized carbons (Fsp3) is 1.00. The SMILES string of the molecule is COOCCl. The van der Waals surface area contributed by atoms with E-state index in [1.54, 1.807) is 0 Å². The maximum atomic E-state index is 4.95. The zero-order valence-corrected chi connectivity index (χ0v) is 3.66. The van der Waals surface area contributed by atoms with Gasteiger partial charge in [-0.15, -0.1) is 0 Å². The van der Waals surface area contributed by atoms with Crippen molar-refractivity contribution in [3.05, 3.63) is 0 Å². The summed E-state index contributed by atoms with van der Waals surface area (Å²) in [5, 5.41) is 0. The van der Waals surface area contributed by atoms with E-state index in [1.807, 2.05) is 0 Å². The van der Waals surface area contributed by atoms with Gasteiger partial charge >= 0.3 is 0 Å². The second-order valence-corrected chi connectivity index (χ2v) is 0.612. The van der Waals surface area contributed by atoms with Gasteiger partial charge in [-0.3, -0.25) is 0 Å². The molecule has 0 fully saturated rings. The highest BCUT2D eigenvalue weighted by molar-refractivity contribution is 6.17. The molecule has 0 spiro atoms. The summed E-state index contributed by atoms with van der Waals surface area (Å²) in [5.41, 5.74) is 0. The molecular formula is C2H5ClO2. The van der Waals surface area contributed by atoms with Gasteiger partial charge in [0.05, 0.1) is 7.11 Å². The minimum absolute atomic E-state index is 0.0938. The first-order valence-corrected chi connectivity index (χ1v) is 1.67. The number of hydrogen-bond acceptors (Lipinski definition) is 2. The van der Waals surface area contributed by atoms with Crippen LogP contribution >= 0.6 is 11.6 Å². The monoisotopic (exact) mass is 96.0 g/mol. The molecule has 0 heterocycles. The molecule has 0 aromatic heterocycles. The third-order valence-corrected chi connectivity index (χ3v) is 0.251. The van der Waals surface area contributed by atoms with E-state index in [0.717, 1.165) is 0 Å². The molecule has 0 rings (SSSR count). The van der Waals surface area contributed by atoms with E-state index in [-0.39, 0.29) is 6.07 Å². The lowest BCUT2D eigenvalue weighted by Gasteiger charge is -1.84. The van der Waals surface area contributed by atoms with Crippen LogP contribution in [-0.4, -0.2) is 13.2 Å². The van der Waals surface area contributed by atoms with Crippen molar-refractivity contribution in [3.63, 3.8) is 0 Å². The molecule has 32 valence electrons. The number of alkyl halides is 1. The first-order valence-electron chi connectivity index (χ1n) is 1.13. The molecule has 0 aliphatic heterocycles. The average Bonchev–Trinajstić information content (AvgIpc) is 1.41. The lowest BCUT2D eigenvalue weighted by Crippen LogP contribution is -1.80. The summed E-state index contributed by atoms with van der Waals surface area (Å²) < 4.78 is 0. The van der Waals surface area contributed by atoms with E-state index in [4.69, 9.17) is 11.6 Å². The van der Waals surface area contributed by atoms with E-state index < -0.39 is 0 Å². The second-order valence-electron chi connectivity index (χ2n) is 0.394. The molecule has 0 N–H and O–H groups in total. The van der Waals surface area contributed by atoms with E-state index in [0.29, 0.717) is 0 Å². The van der Waals surface area contributed by atoms with Crippen LogP contribution in [0.1, 0.15) is 0 Å². The molecule has 0 unspecified atom stereocenters. The Morgan fingerprint density at radius 3 is 2.40 bits per heavy atom. The maximum Gasteiger partial charge on any atom is 0.156 e. The zero-order valence-electron chi connectivity index (χ0n) is 2.90. The highest BCUT2D eigenvalue weighted by Crippen LogP contribution is 1.73. The third-order valence-electron chi connectivity index (χ3n) is 0.162. The van der Waals surface area contributed by atoms with Crippen LogP contribution in [0.2, 0.25) is 0 Å². The predicted molar refractivity (Wildman–Crippen MR) is 18.8 cm³/mol. The molecule has 0 aliphatic rings. The lowest BCUT2D eigenvalue weighted by atomic mass is 11.7. The third kappa shape index (κ3) is 4.21. The smallest absolute Gasteiger partial charge is 0.156 e. The summed E-state index contributed by atoms with van der Waals surface area (Å²) in [7, 11) is 1.41. The highest BCUT2D eigenvalue weighted by Gasteiger charge is 1.66. The number of rotatable bonds is 2. The van der Waals surface area contributed by atoms with Crippen molar-refractivity contribution in [2.24, 2.45) is 0 Å². The Morgan fingerprint density at radius 2 is 2.40 bits per heavy atom. The van der Waals surface area contributed by atoms with Gasteiger partial charge in [-0.05, 0) is 0 Å². The molecule has 0 radical (unpaired) electrons. The summed E-state index contributed by atoms with van der Waals surface area (Å²) in [6.45, 7) is 0. The Balaban J connectivity index is 2.19. The van der Waals surface area contributed by atoms with Gasteiger partial charge in [0.15, 0.2) is 6.07 Å². The summed E-state index contributed by atoms with van der Waals surface area (Å²) in [5.74, 6) is 0. The zero-order chi connectivity index (χ0) is 4.12. The second kappa shape index (κ2) is 4.21. The largest absolute Gasteiger partial charge is 0.239 e. The molecule has 0 aromatic rings. The Labute approximate surface area is 35.6 Å². The van der Waals surface area contributed by atoms with Crippen LogP contribution in [0.25, 0.3) is 0 Å². The van der Waals surface area contributed by atoms with Crippen molar-refractivity contribution in [2.45, 2.75) is 0 Å². The molecule has 0 bridgehead atoms. The van der Waals surface area contributed by atoms with E-state index in [1.165, 1.54) is 7.11 Å². The van der Waals surface area contributed by atoms with E-state index in [9.17, 15) is 0 Å². The molecule has 2 nitrogen and oxygen atoms in total. The van der Waals surface area contributed by atoms with Crippen LogP contribution in [0, 0.1) is 0 Å². The molecule has 0 aliphatic carbocycles. The summed E-state index contributed by atoms with van der Waals surface area (Å²) in [6, 6.07) is 0.0938. The first-order chi connectivity index (χ1) is 2.41. The Bertz CT molecular complexity index is 15.1. The summed E-state index contributed by atoms with van der Waals surface area (Å²) in [4.78, 5) is 8.16. The van der Waals surface area contributed by atoms with E-state index in [2.05, 4.69) is 9.78 Å². The highest BCUT2D eigenvalue weighted by atomic mass is 35.5. The molecule has 0 aromatic carbocycles. The van der Waals surface area contributed by atoms with Crippen LogP contribution < -0.4 is 0 Å². The quantitative estimate of drug-likeness (QED) is 0.287. The van der Waals surface area contributed by atoms with Gasteiger partial charge in [-0.2, -0.15) is 0 Å². The van der Waals surface area contributed by atoms with Gasteiger partial charge < -0.3 is 0 Å². The van der Waals surface area contributed by atoms with Crippen molar-refractivity contribution in [1.29, 1.82) is 0 Å². The maximum absolute atomic E-state index is 4.95. The van der Waals surface area contributed by atoms with Gasteiger partial charge in [0.25, 0.3) is 0 Å². The number of hydrogen-bond donors (Lipinski definition) is 0. The molecule has 3 heteroatoms. The molecule has 0 amide bonds. The van der Waals surface area contributed by atoms with Crippen molar-refractivity contribution < 1.29 is 9.78 Å². The van der Waals surface area contributed by atoms with Gasteiger partial charge in [-0.25, -0.2) is 9.78 Å². The first kappa shape index (κ1) is 5.21. The normalized spacial score (nSPS) is 8.40. The standard InChI is InChI=1S/C2H5ClO2/c1-4-5-2-3/h2H2,1H3. The van der Waals surface area contributed by atoms with Gasteiger partial charge in [0.2, 0.25) is 0 Å².